The van der Waals surface area contributed by atoms with Crippen LogP contribution in [0.2, 0.25) is 0 Å². The molecule has 0 saturated carbocycles. The van der Waals surface area contributed by atoms with Crippen LogP contribution in [0.1, 0.15) is 292 Å². The van der Waals surface area contributed by atoms with Gasteiger partial charge in [-0.3, -0.25) is 14.4 Å². The molecule has 0 aliphatic carbocycles. The molecule has 0 bridgehead atoms. The van der Waals surface area contributed by atoms with Crippen molar-refractivity contribution in [1.82, 2.24) is 0 Å². The minimum absolute atomic E-state index is 0.0660. The first-order valence-corrected chi connectivity index (χ1v) is 26.7. The van der Waals surface area contributed by atoms with Crippen LogP contribution in [0.3, 0.4) is 0 Å². The zero-order valence-electron chi connectivity index (χ0n) is 41.3. The SMILES string of the molecule is CCC(C)CCCCCCCCCCCCCCCCCCCCC(=O)OC[C@@H](COC(=O)CCCCCCCCC(C)CC)OC(=O)CCCCCCCCC(C)CC. The summed E-state index contributed by atoms with van der Waals surface area (Å²) in [6.45, 7) is 13.7. The van der Waals surface area contributed by atoms with E-state index in [0.29, 0.717) is 19.3 Å². The summed E-state index contributed by atoms with van der Waals surface area (Å²) < 4.78 is 16.8. The second-order valence-corrected chi connectivity index (χ2v) is 19.2. The predicted octanol–water partition coefficient (Wildman–Crippen LogP) is 17.2. The number of unbranched alkanes of at least 4 members (excludes halogenated alkanes) is 27. The number of esters is 3. The third kappa shape index (κ3) is 43.1. The molecule has 0 amide bonds. The third-order valence-corrected chi connectivity index (χ3v) is 13.2. The van der Waals surface area contributed by atoms with Gasteiger partial charge >= 0.3 is 17.9 Å². The van der Waals surface area contributed by atoms with Gasteiger partial charge in [0.2, 0.25) is 0 Å². The van der Waals surface area contributed by atoms with Crippen LogP contribution in [-0.2, 0) is 28.6 Å². The molecule has 0 aliphatic heterocycles. The Kier molecular flexibility index (Phi) is 44.2. The summed E-state index contributed by atoms with van der Waals surface area (Å²) in [5.74, 6) is 1.68. The van der Waals surface area contributed by atoms with Crippen LogP contribution >= 0.6 is 0 Å². The second-order valence-electron chi connectivity index (χ2n) is 19.2. The molecule has 0 N–H and O–H groups in total. The monoisotopic (exact) mass is 849 g/mol. The van der Waals surface area contributed by atoms with Crippen molar-refractivity contribution in [3.63, 3.8) is 0 Å². The summed E-state index contributed by atoms with van der Waals surface area (Å²) in [6, 6.07) is 0. The van der Waals surface area contributed by atoms with E-state index < -0.39 is 6.10 Å². The van der Waals surface area contributed by atoms with Crippen molar-refractivity contribution in [3.8, 4) is 0 Å². The molecule has 0 aromatic carbocycles. The lowest BCUT2D eigenvalue weighted by Gasteiger charge is -2.18. The smallest absolute Gasteiger partial charge is 0.306 e. The standard InChI is InChI=1S/C54H104O6/c1-7-48(4)40-34-28-22-20-18-16-14-12-10-11-13-15-17-19-21-23-31-37-43-52(55)58-46-51(60-54(57)45-39-33-27-25-30-36-42-50(6)9-3)47-59-53(56)44-38-32-26-24-29-35-41-49(5)8-2/h48-51H,7-47H2,1-6H3/t48?,49?,50?,51-/m0/s1. The third-order valence-electron chi connectivity index (χ3n) is 13.2. The van der Waals surface area contributed by atoms with E-state index in [1.165, 1.54) is 173 Å². The average Bonchev–Trinajstić information content (AvgIpc) is 3.25. The molecular weight excluding hydrogens is 745 g/mol. The van der Waals surface area contributed by atoms with Crippen LogP contribution in [-0.4, -0.2) is 37.2 Å². The molecule has 6 heteroatoms. The highest BCUT2D eigenvalue weighted by molar-refractivity contribution is 5.71. The second kappa shape index (κ2) is 45.4. The molecule has 4 atom stereocenters. The van der Waals surface area contributed by atoms with Crippen molar-refractivity contribution in [1.29, 1.82) is 0 Å². The zero-order valence-corrected chi connectivity index (χ0v) is 41.3. The summed E-state index contributed by atoms with van der Waals surface area (Å²) in [4.78, 5) is 37.9. The van der Waals surface area contributed by atoms with E-state index in [-0.39, 0.29) is 31.1 Å². The summed E-state index contributed by atoms with van der Waals surface area (Å²) in [7, 11) is 0. The fraction of sp³-hybridized carbons (Fsp3) is 0.944. The van der Waals surface area contributed by atoms with Crippen LogP contribution in [0.4, 0.5) is 0 Å². The molecule has 356 valence electrons. The van der Waals surface area contributed by atoms with Gasteiger partial charge in [0.15, 0.2) is 6.10 Å². The van der Waals surface area contributed by atoms with Crippen LogP contribution in [0.5, 0.6) is 0 Å². The van der Waals surface area contributed by atoms with E-state index in [2.05, 4.69) is 41.5 Å². The van der Waals surface area contributed by atoms with Gasteiger partial charge in [-0.05, 0) is 37.0 Å². The van der Waals surface area contributed by atoms with Crippen molar-refractivity contribution in [2.45, 2.75) is 298 Å². The summed E-state index contributed by atoms with van der Waals surface area (Å²) in [6.07, 6.45) is 45.3. The molecule has 0 aliphatic rings. The van der Waals surface area contributed by atoms with E-state index >= 15 is 0 Å². The van der Waals surface area contributed by atoms with Crippen molar-refractivity contribution in [2.24, 2.45) is 17.8 Å². The van der Waals surface area contributed by atoms with Gasteiger partial charge in [-0.15, -0.1) is 0 Å². The number of rotatable bonds is 47. The van der Waals surface area contributed by atoms with Crippen LogP contribution < -0.4 is 0 Å². The molecule has 0 radical (unpaired) electrons. The zero-order chi connectivity index (χ0) is 44.2. The molecule has 0 aromatic rings. The number of carbonyl (C=O) groups is 3. The lowest BCUT2D eigenvalue weighted by Crippen LogP contribution is -2.30. The topological polar surface area (TPSA) is 78.9 Å². The first-order chi connectivity index (χ1) is 29.2. The Bertz CT molecular complexity index is 935. The Labute approximate surface area is 374 Å². The van der Waals surface area contributed by atoms with Gasteiger partial charge in [0.25, 0.3) is 0 Å². The maximum Gasteiger partial charge on any atom is 0.306 e. The highest BCUT2D eigenvalue weighted by Crippen LogP contribution is 2.19. The maximum atomic E-state index is 12.7. The molecule has 60 heavy (non-hydrogen) atoms. The Hall–Kier alpha value is -1.59. The number of hydrogen-bond donors (Lipinski definition) is 0. The number of carbonyl (C=O) groups excluding carboxylic acids is 3. The van der Waals surface area contributed by atoms with Crippen molar-refractivity contribution < 1.29 is 28.6 Å². The molecule has 3 unspecified atom stereocenters. The Morgan fingerprint density at radius 3 is 0.783 bits per heavy atom. The van der Waals surface area contributed by atoms with Gasteiger partial charge in [-0.1, -0.05) is 253 Å². The largest absolute Gasteiger partial charge is 0.462 e. The van der Waals surface area contributed by atoms with E-state index in [1.54, 1.807) is 0 Å². The highest BCUT2D eigenvalue weighted by Gasteiger charge is 2.19. The predicted molar refractivity (Wildman–Crippen MR) is 256 cm³/mol. The summed E-state index contributed by atoms with van der Waals surface area (Å²) >= 11 is 0. The van der Waals surface area contributed by atoms with E-state index in [9.17, 15) is 14.4 Å². The van der Waals surface area contributed by atoms with Gasteiger partial charge in [-0.25, -0.2) is 0 Å². The summed E-state index contributed by atoms with van der Waals surface area (Å²) in [5.41, 5.74) is 0. The van der Waals surface area contributed by atoms with E-state index in [1.807, 2.05) is 0 Å². The Morgan fingerprint density at radius 1 is 0.317 bits per heavy atom. The summed E-state index contributed by atoms with van der Waals surface area (Å²) in [5, 5.41) is 0. The van der Waals surface area contributed by atoms with Crippen molar-refractivity contribution in [3.05, 3.63) is 0 Å². The Balaban J connectivity index is 4.17. The Morgan fingerprint density at radius 2 is 0.533 bits per heavy atom. The molecule has 0 heterocycles. The van der Waals surface area contributed by atoms with Gasteiger partial charge in [0, 0.05) is 19.3 Å². The van der Waals surface area contributed by atoms with Gasteiger partial charge < -0.3 is 14.2 Å². The maximum absolute atomic E-state index is 12.7. The first-order valence-electron chi connectivity index (χ1n) is 26.7. The first kappa shape index (κ1) is 58.4. The van der Waals surface area contributed by atoms with Crippen molar-refractivity contribution in [2.75, 3.05) is 13.2 Å². The molecule has 0 fully saturated rings. The number of ether oxygens (including phenoxy) is 3. The molecule has 0 saturated heterocycles. The minimum atomic E-state index is -0.764. The van der Waals surface area contributed by atoms with E-state index in [0.717, 1.165) is 75.5 Å². The molecule has 0 spiro atoms. The lowest BCUT2D eigenvalue weighted by atomic mass is 9.99. The average molecular weight is 849 g/mol. The van der Waals surface area contributed by atoms with Crippen LogP contribution in [0.25, 0.3) is 0 Å². The minimum Gasteiger partial charge on any atom is -0.462 e. The van der Waals surface area contributed by atoms with Gasteiger partial charge in [-0.2, -0.15) is 0 Å². The molecule has 6 nitrogen and oxygen atoms in total. The fourth-order valence-corrected chi connectivity index (χ4v) is 8.02. The van der Waals surface area contributed by atoms with Crippen molar-refractivity contribution >= 4 is 17.9 Å². The highest BCUT2D eigenvalue weighted by atomic mass is 16.6. The van der Waals surface area contributed by atoms with Gasteiger partial charge in [0.1, 0.15) is 13.2 Å². The normalized spacial score (nSPS) is 13.5. The van der Waals surface area contributed by atoms with Crippen LogP contribution in [0, 0.1) is 17.8 Å². The van der Waals surface area contributed by atoms with E-state index in [4.69, 9.17) is 14.2 Å². The molecule has 0 aromatic heterocycles. The fourth-order valence-electron chi connectivity index (χ4n) is 8.02. The quantitative estimate of drug-likeness (QED) is 0.0345. The molecule has 0 rings (SSSR count). The lowest BCUT2D eigenvalue weighted by molar-refractivity contribution is -0.167. The number of hydrogen-bond acceptors (Lipinski definition) is 6. The van der Waals surface area contributed by atoms with Gasteiger partial charge in [0.05, 0.1) is 0 Å². The molecular formula is C54H104O6. The van der Waals surface area contributed by atoms with Crippen LogP contribution in [0.15, 0.2) is 0 Å².